The molecule has 0 aromatic heterocycles. The molecular weight excluding hydrogens is 192 g/mol. The maximum atomic E-state index is 11.8. The van der Waals surface area contributed by atoms with Crippen molar-refractivity contribution in [3.8, 4) is 0 Å². The van der Waals surface area contributed by atoms with Crippen molar-refractivity contribution in [2.24, 2.45) is 11.7 Å². The number of rotatable bonds is 0. The molecule has 1 heterocycles. The van der Waals surface area contributed by atoms with Crippen LogP contribution in [0, 0.1) is 5.92 Å². The Labute approximate surface area is 90.8 Å². The van der Waals surface area contributed by atoms with Gasteiger partial charge in [0, 0.05) is 18.6 Å². The van der Waals surface area contributed by atoms with E-state index in [1.807, 2.05) is 25.7 Å². The summed E-state index contributed by atoms with van der Waals surface area (Å²) in [6.45, 7) is 6.43. The number of carbonyl (C=O) groups excluding carboxylic acids is 1. The normalized spacial score (nSPS) is 34.7. The van der Waals surface area contributed by atoms with Crippen LogP contribution in [0.15, 0.2) is 0 Å². The van der Waals surface area contributed by atoms with E-state index in [0.29, 0.717) is 12.0 Å². The highest BCUT2D eigenvalue weighted by atomic mass is 16.6. The van der Waals surface area contributed by atoms with Crippen LogP contribution in [0.25, 0.3) is 0 Å². The van der Waals surface area contributed by atoms with Crippen molar-refractivity contribution < 1.29 is 9.53 Å². The third-order valence-corrected chi connectivity index (χ3v) is 3.09. The Morgan fingerprint density at radius 2 is 2.13 bits per heavy atom. The van der Waals surface area contributed by atoms with E-state index in [-0.39, 0.29) is 12.1 Å². The summed E-state index contributed by atoms with van der Waals surface area (Å²) in [5, 5.41) is 0. The molecule has 1 aliphatic carbocycles. The largest absolute Gasteiger partial charge is 0.444 e. The number of fused-ring (bicyclic) bond motifs is 1. The van der Waals surface area contributed by atoms with Crippen LogP contribution in [0.1, 0.15) is 33.6 Å². The van der Waals surface area contributed by atoms with Gasteiger partial charge in [-0.3, -0.25) is 0 Å². The molecule has 0 radical (unpaired) electrons. The van der Waals surface area contributed by atoms with Gasteiger partial charge in [0.25, 0.3) is 0 Å². The van der Waals surface area contributed by atoms with E-state index in [0.717, 1.165) is 19.4 Å². The van der Waals surface area contributed by atoms with Gasteiger partial charge in [-0.25, -0.2) is 4.79 Å². The number of amides is 1. The lowest BCUT2D eigenvalue weighted by molar-refractivity contribution is 0.0185. The third-order valence-electron chi connectivity index (χ3n) is 3.09. The smallest absolute Gasteiger partial charge is 0.410 e. The molecule has 2 N–H and O–H groups in total. The first-order valence-corrected chi connectivity index (χ1v) is 5.64. The minimum atomic E-state index is -0.402. The van der Waals surface area contributed by atoms with Gasteiger partial charge >= 0.3 is 6.09 Å². The van der Waals surface area contributed by atoms with E-state index >= 15 is 0 Å². The number of likely N-dealkylation sites (tertiary alicyclic amines) is 1. The molecule has 0 aromatic carbocycles. The van der Waals surface area contributed by atoms with Gasteiger partial charge in [0.1, 0.15) is 5.60 Å². The lowest BCUT2D eigenvalue weighted by Gasteiger charge is -2.31. The maximum absolute atomic E-state index is 11.8. The summed E-state index contributed by atoms with van der Waals surface area (Å²) >= 11 is 0. The molecule has 86 valence electrons. The van der Waals surface area contributed by atoms with Crippen LogP contribution in [-0.4, -0.2) is 35.2 Å². The molecule has 0 spiro atoms. The predicted octanol–water partition coefficient (Wildman–Crippen LogP) is 1.34. The molecule has 4 heteroatoms. The van der Waals surface area contributed by atoms with Crippen LogP contribution < -0.4 is 5.73 Å². The number of hydrogen-bond acceptors (Lipinski definition) is 3. The van der Waals surface area contributed by atoms with Crippen LogP contribution in [0.4, 0.5) is 4.79 Å². The Morgan fingerprint density at radius 3 is 2.73 bits per heavy atom. The van der Waals surface area contributed by atoms with E-state index in [4.69, 9.17) is 10.5 Å². The van der Waals surface area contributed by atoms with Crippen molar-refractivity contribution in [2.75, 3.05) is 6.54 Å². The van der Waals surface area contributed by atoms with Crippen LogP contribution >= 0.6 is 0 Å². The zero-order valence-corrected chi connectivity index (χ0v) is 9.69. The molecule has 1 amide bonds. The van der Waals surface area contributed by atoms with Crippen LogP contribution in [0.2, 0.25) is 0 Å². The van der Waals surface area contributed by atoms with Crippen LogP contribution in [0.3, 0.4) is 0 Å². The van der Waals surface area contributed by atoms with E-state index in [1.165, 1.54) is 0 Å². The summed E-state index contributed by atoms with van der Waals surface area (Å²) < 4.78 is 5.36. The zero-order valence-electron chi connectivity index (χ0n) is 9.69. The third kappa shape index (κ3) is 2.25. The molecule has 0 aromatic rings. The topological polar surface area (TPSA) is 55.6 Å². The molecule has 0 unspecified atom stereocenters. The van der Waals surface area contributed by atoms with Gasteiger partial charge in [-0.1, -0.05) is 0 Å². The highest BCUT2D eigenvalue weighted by Crippen LogP contribution is 2.42. The highest BCUT2D eigenvalue weighted by Gasteiger charge is 2.51. The Bertz CT molecular complexity index is 272. The zero-order chi connectivity index (χ0) is 11.2. The molecule has 3 atom stereocenters. The van der Waals surface area contributed by atoms with Crippen molar-refractivity contribution in [1.82, 2.24) is 4.90 Å². The van der Waals surface area contributed by atoms with Crippen molar-refractivity contribution in [2.45, 2.75) is 51.3 Å². The molecule has 2 fully saturated rings. The van der Waals surface area contributed by atoms with Crippen molar-refractivity contribution in [1.29, 1.82) is 0 Å². The summed E-state index contributed by atoms with van der Waals surface area (Å²) in [5.41, 5.74) is 5.53. The van der Waals surface area contributed by atoms with Crippen LogP contribution in [0.5, 0.6) is 0 Å². The minimum absolute atomic E-state index is 0.179. The molecule has 15 heavy (non-hydrogen) atoms. The van der Waals surface area contributed by atoms with Crippen LogP contribution in [-0.2, 0) is 4.74 Å². The summed E-state index contributed by atoms with van der Waals surface area (Å²) in [6, 6.07) is 0.636. The van der Waals surface area contributed by atoms with Crippen molar-refractivity contribution >= 4 is 6.09 Å². The average molecular weight is 212 g/mol. The highest BCUT2D eigenvalue weighted by molar-refractivity contribution is 5.69. The van der Waals surface area contributed by atoms with Gasteiger partial charge in [-0.2, -0.15) is 0 Å². The standard InChI is InChI=1S/C11H20N2O2/c1-11(2,3)15-10(14)13-5-4-8(12)7-6-9(7)13/h7-9H,4-6,12H2,1-3H3/t7-,8-,9-/m1/s1. The Hall–Kier alpha value is -0.770. The molecule has 0 bridgehead atoms. The quantitative estimate of drug-likeness (QED) is 0.659. The predicted molar refractivity (Wildman–Crippen MR) is 57.4 cm³/mol. The second kappa shape index (κ2) is 3.37. The fourth-order valence-corrected chi connectivity index (χ4v) is 2.23. The molecule has 1 saturated heterocycles. The number of nitrogens with two attached hydrogens (primary N) is 1. The molecule has 2 aliphatic rings. The van der Waals surface area contributed by atoms with Gasteiger partial charge in [0.05, 0.1) is 0 Å². The number of ether oxygens (including phenoxy) is 1. The van der Waals surface area contributed by atoms with E-state index in [2.05, 4.69) is 0 Å². The summed E-state index contributed by atoms with van der Waals surface area (Å²) in [4.78, 5) is 13.7. The number of carbonyl (C=O) groups is 1. The second-order valence-corrected chi connectivity index (χ2v) is 5.59. The van der Waals surface area contributed by atoms with E-state index < -0.39 is 5.60 Å². The van der Waals surface area contributed by atoms with Crippen molar-refractivity contribution in [3.63, 3.8) is 0 Å². The lowest BCUT2D eigenvalue weighted by Crippen LogP contribution is -2.46. The molecule has 1 saturated carbocycles. The fraction of sp³-hybridized carbons (Fsp3) is 0.909. The van der Waals surface area contributed by atoms with E-state index in [1.54, 1.807) is 0 Å². The van der Waals surface area contributed by atoms with Crippen molar-refractivity contribution in [3.05, 3.63) is 0 Å². The summed E-state index contributed by atoms with van der Waals surface area (Å²) in [7, 11) is 0. The SMILES string of the molecule is CC(C)(C)OC(=O)N1CC[C@@H](N)[C@H]2C[C@H]21. The lowest BCUT2D eigenvalue weighted by atomic mass is 10.1. The average Bonchev–Trinajstić information content (AvgIpc) is 2.80. The first kappa shape index (κ1) is 10.7. The first-order chi connectivity index (χ1) is 6.88. The minimum Gasteiger partial charge on any atom is -0.444 e. The summed E-state index contributed by atoms with van der Waals surface area (Å²) in [5.74, 6) is 0.520. The van der Waals surface area contributed by atoms with Gasteiger partial charge in [0.2, 0.25) is 0 Å². The van der Waals surface area contributed by atoms with Gasteiger partial charge in [0.15, 0.2) is 0 Å². The number of nitrogens with zero attached hydrogens (tertiary/aromatic N) is 1. The monoisotopic (exact) mass is 212 g/mol. The fourth-order valence-electron chi connectivity index (χ4n) is 2.23. The first-order valence-electron chi connectivity index (χ1n) is 5.64. The summed E-state index contributed by atoms with van der Waals surface area (Å²) in [6.07, 6.45) is 1.78. The van der Waals surface area contributed by atoms with Gasteiger partial charge < -0.3 is 15.4 Å². The van der Waals surface area contributed by atoms with Gasteiger partial charge in [-0.15, -0.1) is 0 Å². The molecule has 4 nitrogen and oxygen atoms in total. The molecule has 1 aliphatic heterocycles. The number of hydrogen-bond donors (Lipinski definition) is 1. The Morgan fingerprint density at radius 1 is 1.47 bits per heavy atom. The molecular formula is C11H20N2O2. The second-order valence-electron chi connectivity index (χ2n) is 5.59. The Kier molecular flexibility index (Phi) is 2.41. The van der Waals surface area contributed by atoms with Gasteiger partial charge in [-0.05, 0) is 39.5 Å². The number of piperidine rings is 1. The Balaban J connectivity index is 1.92. The maximum Gasteiger partial charge on any atom is 0.410 e. The van der Waals surface area contributed by atoms with E-state index in [9.17, 15) is 4.79 Å². The molecule has 2 rings (SSSR count).